The van der Waals surface area contributed by atoms with Crippen LogP contribution in [0.3, 0.4) is 0 Å². The smallest absolute Gasteiger partial charge is 0.143 e. The highest BCUT2D eigenvalue weighted by molar-refractivity contribution is 6.37. The highest BCUT2D eigenvalue weighted by atomic mass is 35.5. The quantitative estimate of drug-likeness (QED) is 0.775. The second-order valence-electron chi connectivity index (χ2n) is 2.66. The van der Waals surface area contributed by atoms with E-state index in [2.05, 4.69) is 4.98 Å². The van der Waals surface area contributed by atoms with Gasteiger partial charge < -0.3 is 9.72 Å². The van der Waals surface area contributed by atoms with E-state index in [1.807, 2.05) is 0 Å². The molecule has 0 atom stereocenters. The Kier molecular flexibility index (Phi) is 2.10. The number of ether oxygens (including phenoxy) is 1. The van der Waals surface area contributed by atoms with Gasteiger partial charge in [0.25, 0.3) is 0 Å². The topological polar surface area (TPSA) is 25.0 Å². The summed E-state index contributed by atoms with van der Waals surface area (Å²) >= 11 is 11.8. The molecule has 0 aliphatic rings. The molecule has 1 N–H and O–H groups in total. The number of benzene rings is 1. The second-order valence-corrected chi connectivity index (χ2v) is 3.47. The van der Waals surface area contributed by atoms with Gasteiger partial charge in [0.1, 0.15) is 10.9 Å². The minimum Gasteiger partial charge on any atom is -0.495 e. The molecule has 0 saturated heterocycles. The summed E-state index contributed by atoms with van der Waals surface area (Å²) in [6.07, 6.45) is 0. The van der Waals surface area contributed by atoms with E-state index in [0.717, 1.165) is 16.7 Å². The zero-order chi connectivity index (χ0) is 9.42. The third-order valence-corrected chi connectivity index (χ3v) is 2.42. The molecule has 0 aliphatic carbocycles. The van der Waals surface area contributed by atoms with Gasteiger partial charge in [-0.25, -0.2) is 0 Å². The van der Waals surface area contributed by atoms with Gasteiger partial charge in [-0.1, -0.05) is 23.2 Å². The largest absolute Gasteiger partial charge is 0.495 e. The molecule has 0 unspecified atom stereocenters. The van der Waals surface area contributed by atoms with E-state index in [1.54, 1.807) is 25.3 Å². The third-order valence-electron chi connectivity index (χ3n) is 1.89. The monoisotopic (exact) mass is 215 g/mol. The first-order valence-electron chi connectivity index (χ1n) is 3.73. The van der Waals surface area contributed by atoms with Crippen molar-refractivity contribution in [3.63, 3.8) is 0 Å². The van der Waals surface area contributed by atoms with Crippen LogP contribution in [0.15, 0.2) is 18.2 Å². The number of aromatic amines is 1. The maximum atomic E-state index is 5.97. The summed E-state index contributed by atoms with van der Waals surface area (Å²) in [5.74, 6) is 0.742. The molecule has 1 aromatic carbocycles. The maximum absolute atomic E-state index is 5.97. The van der Waals surface area contributed by atoms with Crippen molar-refractivity contribution in [3.05, 3.63) is 28.4 Å². The van der Waals surface area contributed by atoms with Gasteiger partial charge >= 0.3 is 0 Å². The van der Waals surface area contributed by atoms with Crippen molar-refractivity contribution in [1.82, 2.24) is 4.98 Å². The zero-order valence-electron chi connectivity index (χ0n) is 6.90. The normalized spacial score (nSPS) is 10.7. The lowest BCUT2D eigenvalue weighted by Crippen LogP contribution is -1.83. The number of halogens is 2. The summed E-state index contributed by atoms with van der Waals surface area (Å²) in [5.41, 5.74) is 0.833. The number of H-pyrrole nitrogens is 1. The van der Waals surface area contributed by atoms with E-state index in [-0.39, 0.29) is 0 Å². The van der Waals surface area contributed by atoms with Gasteiger partial charge in [0.15, 0.2) is 0 Å². The number of hydrogen-bond acceptors (Lipinski definition) is 1. The van der Waals surface area contributed by atoms with Gasteiger partial charge in [-0.2, -0.15) is 0 Å². The van der Waals surface area contributed by atoms with Crippen LogP contribution in [-0.4, -0.2) is 12.1 Å². The lowest BCUT2D eigenvalue weighted by molar-refractivity contribution is 0.419. The average molecular weight is 216 g/mol. The van der Waals surface area contributed by atoms with Crippen LogP contribution < -0.4 is 4.74 Å². The summed E-state index contributed by atoms with van der Waals surface area (Å²) in [4.78, 5) is 2.97. The predicted molar refractivity (Wildman–Crippen MR) is 54.9 cm³/mol. The molecule has 0 saturated carbocycles. The molecule has 1 aromatic heterocycles. The van der Waals surface area contributed by atoms with Gasteiger partial charge in [0, 0.05) is 5.39 Å². The van der Waals surface area contributed by atoms with Crippen LogP contribution >= 0.6 is 23.2 Å². The van der Waals surface area contributed by atoms with Gasteiger partial charge in [0.05, 0.1) is 17.6 Å². The first kappa shape index (κ1) is 8.73. The van der Waals surface area contributed by atoms with E-state index in [1.165, 1.54) is 0 Å². The first-order chi connectivity index (χ1) is 6.22. The van der Waals surface area contributed by atoms with Crippen LogP contribution in [0.5, 0.6) is 5.75 Å². The average Bonchev–Trinajstić information content (AvgIpc) is 2.48. The van der Waals surface area contributed by atoms with Crippen molar-refractivity contribution in [2.75, 3.05) is 7.11 Å². The molecule has 0 bridgehead atoms. The molecule has 1 heterocycles. The minimum absolute atomic E-state index is 0.557. The van der Waals surface area contributed by atoms with Gasteiger partial charge in [0.2, 0.25) is 0 Å². The van der Waals surface area contributed by atoms with E-state index >= 15 is 0 Å². The molecule has 0 radical (unpaired) electrons. The summed E-state index contributed by atoms with van der Waals surface area (Å²) < 4.78 is 5.15. The van der Waals surface area contributed by atoms with Gasteiger partial charge in [-0.3, -0.25) is 0 Å². The Balaban J connectivity index is 2.83. The Labute approximate surface area is 85.4 Å². The molecule has 68 valence electrons. The highest BCUT2D eigenvalue weighted by Gasteiger charge is 2.07. The molecule has 2 rings (SSSR count). The summed E-state index contributed by atoms with van der Waals surface area (Å²) in [7, 11) is 1.61. The molecule has 0 fully saturated rings. The third kappa shape index (κ3) is 1.36. The Morgan fingerprint density at radius 2 is 2.08 bits per heavy atom. The van der Waals surface area contributed by atoms with Crippen LogP contribution in [0, 0.1) is 0 Å². The first-order valence-corrected chi connectivity index (χ1v) is 4.48. The Morgan fingerprint density at radius 3 is 2.77 bits per heavy atom. The Hall–Kier alpha value is -0.860. The fraction of sp³-hybridized carbons (Fsp3) is 0.111. The minimum atomic E-state index is 0.557. The molecular weight excluding hydrogens is 209 g/mol. The molecule has 4 heteroatoms. The number of methoxy groups -OCH3 is 1. The molecule has 2 aromatic rings. The fourth-order valence-electron chi connectivity index (χ4n) is 1.30. The fourth-order valence-corrected chi connectivity index (χ4v) is 1.71. The molecule has 0 aliphatic heterocycles. The molecular formula is C9H7Cl2NO. The molecule has 13 heavy (non-hydrogen) atoms. The van der Waals surface area contributed by atoms with Gasteiger partial charge in [-0.05, 0) is 18.2 Å². The second kappa shape index (κ2) is 3.13. The number of nitrogens with one attached hydrogen (secondary N) is 1. The van der Waals surface area contributed by atoms with Crippen molar-refractivity contribution in [3.8, 4) is 5.75 Å². The SMILES string of the molecule is COc1ccc(Cl)c2cc(Cl)[nH]c12. The van der Waals surface area contributed by atoms with Crippen molar-refractivity contribution in [2.24, 2.45) is 0 Å². The van der Waals surface area contributed by atoms with Crippen molar-refractivity contribution < 1.29 is 4.74 Å². The van der Waals surface area contributed by atoms with E-state index in [4.69, 9.17) is 27.9 Å². The molecule has 0 spiro atoms. The molecule has 2 nitrogen and oxygen atoms in total. The van der Waals surface area contributed by atoms with E-state index in [9.17, 15) is 0 Å². The summed E-state index contributed by atoms with van der Waals surface area (Å²) in [6.45, 7) is 0. The number of hydrogen-bond donors (Lipinski definition) is 1. The number of aromatic nitrogens is 1. The van der Waals surface area contributed by atoms with Crippen molar-refractivity contribution in [2.45, 2.75) is 0 Å². The van der Waals surface area contributed by atoms with Crippen molar-refractivity contribution in [1.29, 1.82) is 0 Å². The Bertz CT molecular complexity index is 450. The standard InChI is InChI=1S/C9H7Cl2NO/c1-13-7-3-2-6(10)5-4-8(11)12-9(5)7/h2-4,12H,1H3. The number of fused-ring (bicyclic) bond motifs is 1. The Morgan fingerprint density at radius 1 is 1.31 bits per heavy atom. The van der Waals surface area contributed by atoms with Crippen molar-refractivity contribution >= 4 is 34.1 Å². The predicted octanol–water partition coefficient (Wildman–Crippen LogP) is 3.48. The van der Waals surface area contributed by atoms with E-state index < -0.39 is 0 Å². The van der Waals surface area contributed by atoms with E-state index in [0.29, 0.717) is 10.2 Å². The lowest BCUT2D eigenvalue weighted by atomic mass is 10.2. The zero-order valence-corrected chi connectivity index (χ0v) is 8.41. The number of rotatable bonds is 1. The van der Waals surface area contributed by atoms with Crippen LogP contribution in [0.4, 0.5) is 0 Å². The lowest BCUT2D eigenvalue weighted by Gasteiger charge is -2.01. The van der Waals surface area contributed by atoms with Crippen LogP contribution in [0.1, 0.15) is 0 Å². The van der Waals surface area contributed by atoms with Crippen LogP contribution in [-0.2, 0) is 0 Å². The summed E-state index contributed by atoms with van der Waals surface area (Å²) in [5, 5.41) is 2.10. The van der Waals surface area contributed by atoms with Crippen LogP contribution in [0.25, 0.3) is 10.9 Å². The van der Waals surface area contributed by atoms with Gasteiger partial charge in [-0.15, -0.1) is 0 Å². The van der Waals surface area contributed by atoms with Crippen LogP contribution in [0.2, 0.25) is 10.2 Å². The molecule has 0 amide bonds. The maximum Gasteiger partial charge on any atom is 0.143 e. The summed E-state index contributed by atoms with van der Waals surface area (Å²) in [6, 6.07) is 5.37. The highest BCUT2D eigenvalue weighted by Crippen LogP contribution is 2.32.